The molecular formula is C8H15NO3. The first-order valence-corrected chi connectivity index (χ1v) is 3.93. The van der Waals surface area contributed by atoms with Crippen LogP contribution in [0.4, 0.5) is 0 Å². The molecule has 70 valence electrons. The summed E-state index contributed by atoms with van der Waals surface area (Å²) in [5.41, 5.74) is 2.83. The highest BCUT2D eigenvalue weighted by Crippen LogP contribution is 2.09. The summed E-state index contributed by atoms with van der Waals surface area (Å²) in [4.78, 5) is 5.25. The van der Waals surface area contributed by atoms with E-state index in [0.717, 1.165) is 0 Å². The number of hydrogen-bond acceptors (Lipinski definition) is 4. The molecule has 1 heterocycles. The van der Waals surface area contributed by atoms with Gasteiger partial charge in [-0.2, -0.15) is 5.48 Å². The Bertz CT molecular complexity index is 156. The maximum Gasteiger partial charge on any atom is 0.188 e. The van der Waals surface area contributed by atoms with Crippen LogP contribution in [-0.2, 0) is 14.3 Å². The van der Waals surface area contributed by atoms with Crippen LogP contribution < -0.4 is 5.48 Å². The van der Waals surface area contributed by atoms with Gasteiger partial charge in [-0.1, -0.05) is 12.2 Å². The van der Waals surface area contributed by atoms with Crippen molar-refractivity contribution in [1.82, 2.24) is 5.48 Å². The minimum atomic E-state index is -0.346. The van der Waals surface area contributed by atoms with Crippen LogP contribution in [0.2, 0.25) is 0 Å². The summed E-state index contributed by atoms with van der Waals surface area (Å²) >= 11 is 0. The SMILES string of the molecule is COC(OC)[C@H]1C=C[C@@H](C)NO1. The Morgan fingerprint density at radius 1 is 1.33 bits per heavy atom. The molecule has 1 aliphatic rings. The van der Waals surface area contributed by atoms with Crippen LogP contribution in [0, 0.1) is 0 Å². The van der Waals surface area contributed by atoms with Crippen molar-refractivity contribution < 1.29 is 14.3 Å². The third-order valence-corrected chi connectivity index (χ3v) is 1.71. The third-order valence-electron chi connectivity index (χ3n) is 1.71. The molecule has 0 radical (unpaired) electrons. The summed E-state index contributed by atoms with van der Waals surface area (Å²) in [5, 5.41) is 0. The topological polar surface area (TPSA) is 39.7 Å². The van der Waals surface area contributed by atoms with Gasteiger partial charge < -0.3 is 9.47 Å². The zero-order valence-electron chi connectivity index (χ0n) is 7.61. The van der Waals surface area contributed by atoms with Crippen molar-refractivity contribution in [2.24, 2.45) is 0 Å². The molecule has 4 heteroatoms. The first-order valence-electron chi connectivity index (χ1n) is 3.93. The normalized spacial score (nSPS) is 29.7. The predicted molar refractivity (Wildman–Crippen MR) is 44.4 cm³/mol. The molecular weight excluding hydrogens is 158 g/mol. The van der Waals surface area contributed by atoms with Crippen LogP contribution in [-0.4, -0.2) is 32.7 Å². The second-order valence-corrected chi connectivity index (χ2v) is 2.71. The fourth-order valence-corrected chi connectivity index (χ4v) is 1.05. The van der Waals surface area contributed by atoms with Crippen molar-refractivity contribution in [1.29, 1.82) is 0 Å². The maximum atomic E-state index is 5.25. The van der Waals surface area contributed by atoms with Crippen molar-refractivity contribution in [3.8, 4) is 0 Å². The van der Waals surface area contributed by atoms with Gasteiger partial charge in [0.15, 0.2) is 6.29 Å². The van der Waals surface area contributed by atoms with E-state index in [-0.39, 0.29) is 18.4 Å². The first-order chi connectivity index (χ1) is 5.77. The summed E-state index contributed by atoms with van der Waals surface area (Å²) in [7, 11) is 3.17. The van der Waals surface area contributed by atoms with Gasteiger partial charge >= 0.3 is 0 Å². The van der Waals surface area contributed by atoms with Crippen molar-refractivity contribution >= 4 is 0 Å². The second-order valence-electron chi connectivity index (χ2n) is 2.71. The Kier molecular flexibility index (Phi) is 3.68. The zero-order chi connectivity index (χ0) is 8.97. The maximum absolute atomic E-state index is 5.25. The quantitative estimate of drug-likeness (QED) is 0.497. The average Bonchev–Trinajstić information content (AvgIpc) is 2.10. The fraction of sp³-hybridized carbons (Fsp3) is 0.750. The molecule has 1 rings (SSSR count). The van der Waals surface area contributed by atoms with Gasteiger partial charge in [0.25, 0.3) is 0 Å². The molecule has 0 saturated heterocycles. The Labute approximate surface area is 72.4 Å². The zero-order valence-corrected chi connectivity index (χ0v) is 7.61. The van der Waals surface area contributed by atoms with Crippen LogP contribution in [0.25, 0.3) is 0 Å². The van der Waals surface area contributed by atoms with Gasteiger partial charge in [-0.3, -0.25) is 4.84 Å². The molecule has 0 amide bonds. The van der Waals surface area contributed by atoms with Gasteiger partial charge in [0.1, 0.15) is 6.10 Å². The summed E-state index contributed by atoms with van der Waals surface area (Å²) in [5.74, 6) is 0. The van der Waals surface area contributed by atoms with Crippen LogP contribution in [0.1, 0.15) is 6.92 Å². The smallest absolute Gasteiger partial charge is 0.188 e. The fourth-order valence-electron chi connectivity index (χ4n) is 1.05. The van der Waals surface area contributed by atoms with Gasteiger partial charge in [-0.05, 0) is 6.92 Å². The molecule has 4 nitrogen and oxygen atoms in total. The van der Waals surface area contributed by atoms with Gasteiger partial charge in [-0.25, -0.2) is 0 Å². The lowest BCUT2D eigenvalue weighted by Gasteiger charge is -2.26. The van der Waals surface area contributed by atoms with Crippen molar-refractivity contribution in [3.05, 3.63) is 12.2 Å². The largest absolute Gasteiger partial charge is 0.353 e. The minimum absolute atomic E-state index is 0.170. The van der Waals surface area contributed by atoms with E-state index in [9.17, 15) is 0 Å². The first kappa shape index (κ1) is 9.67. The summed E-state index contributed by atoms with van der Waals surface area (Å²) in [6, 6.07) is 0.246. The van der Waals surface area contributed by atoms with E-state index < -0.39 is 0 Å². The number of methoxy groups -OCH3 is 2. The molecule has 0 unspecified atom stereocenters. The van der Waals surface area contributed by atoms with E-state index in [1.807, 2.05) is 19.1 Å². The van der Waals surface area contributed by atoms with Gasteiger partial charge in [0, 0.05) is 20.3 Å². The molecule has 0 aromatic carbocycles. The number of ether oxygens (including phenoxy) is 2. The Morgan fingerprint density at radius 3 is 2.42 bits per heavy atom. The van der Waals surface area contributed by atoms with E-state index in [4.69, 9.17) is 14.3 Å². The van der Waals surface area contributed by atoms with Crippen molar-refractivity contribution in [2.75, 3.05) is 14.2 Å². The number of rotatable bonds is 3. The Hall–Kier alpha value is -0.420. The van der Waals surface area contributed by atoms with Crippen LogP contribution >= 0.6 is 0 Å². The lowest BCUT2D eigenvalue weighted by atomic mass is 10.2. The summed E-state index contributed by atoms with van der Waals surface area (Å²) < 4.78 is 10.1. The van der Waals surface area contributed by atoms with Gasteiger partial charge in [-0.15, -0.1) is 0 Å². The summed E-state index contributed by atoms with van der Waals surface area (Å²) in [6.07, 6.45) is 3.43. The molecule has 0 spiro atoms. The molecule has 1 N–H and O–H groups in total. The molecule has 0 aromatic rings. The second kappa shape index (κ2) is 4.57. The lowest BCUT2D eigenvalue weighted by molar-refractivity contribution is -0.189. The van der Waals surface area contributed by atoms with E-state index >= 15 is 0 Å². The molecule has 1 aliphatic heterocycles. The average molecular weight is 173 g/mol. The number of nitrogens with one attached hydrogen (secondary N) is 1. The molecule has 2 atom stereocenters. The van der Waals surface area contributed by atoms with Crippen LogP contribution in [0.3, 0.4) is 0 Å². The molecule has 0 saturated carbocycles. The molecule has 0 bridgehead atoms. The number of hydroxylamine groups is 1. The Morgan fingerprint density at radius 2 is 2.00 bits per heavy atom. The molecule has 0 fully saturated rings. The Balaban J connectivity index is 2.47. The highest BCUT2D eigenvalue weighted by atomic mass is 16.7. The van der Waals surface area contributed by atoms with Crippen molar-refractivity contribution in [2.45, 2.75) is 25.4 Å². The standard InChI is InChI=1S/C8H15NO3/c1-6-4-5-7(12-9-6)8(10-2)11-3/h4-9H,1-3H3/t6-,7-/m1/s1. The molecule has 0 aliphatic carbocycles. The van der Waals surface area contributed by atoms with Crippen LogP contribution in [0.5, 0.6) is 0 Å². The lowest BCUT2D eigenvalue weighted by Crippen LogP contribution is -2.41. The van der Waals surface area contributed by atoms with E-state index in [1.54, 1.807) is 14.2 Å². The third kappa shape index (κ3) is 2.28. The monoisotopic (exact) mass is 173 g/mol. The van der Waals surface area contributed by atoms with E-state index in [1.165, 1.54) is 0 Å². The van der Waals surface area contributed by atoms with Crippen LogP contribution in [0.15, 0.2) is 12.2 Å². The minimum Gasteiger partial charge on any atom is -0.353 e. The number of hydrogen-bond donors (Lipinski definition) is 1. The van der Waals surface area contributed by atoms with Crippen molar-refractivity contribution in [3.63, 3.8) is 0 Å². The highest BCUT2D eigenvalue weighted by molar-refractivity contribution is 4.99. The summed E-state index contributed by atoms with van der Waals surface area (Å²) in [6.45, 7) is 2.00. The van der Waals surface area contributed by atoms with Gasteiger partial charge in [0.2, 0.25) is 0 Å². The van der Waals surface area contributed by atoms with Gasteiger partial charge in [0.05, 0.1) is 0 Å². The highest BCUT2D eigenvalue weighted by Gasteiger charge is 2.22. The molecule has 0 aromatic heterocycles. The predicted octanol–water partition coefficient (Wildman–Crippen LogP) is 0.453. The van der Waals surface area contributed by atoms with E-state index in [0.29, 0.717) is 0 Å². The van der Waals surface area contributed by atoms with E-state index in [2.05, 4.69) is 5.48 Å². The molecule has 12 heavy (non-hydrogen) atoms.